The highest BCUT2D eigenvalue weighted by atomic mass is 19.4. The van der Waals surface area contributed by atoms with E-state index in [0.29, 0.717) is 0 Å². The van der Waals surface area contributed by atoms with Crippen molar-refractivity contribution in [3.8, 4) is 0 Å². The lowest BCUT2D eigenvalue weighted by atomic mass is 10.0. The first-order valence-electron chi connectivity index (χ1n) is 4.93. The topological polar surface area (TPSA) is 53.3 Å². The highest BCUT2D eigenvalue weighted by molar-refractivity contribution is 5.79. The van der Waals surface area contributed by atoms with Crippen molar-refractivity contribution in [3.05, 3.63) is 35.4 Å². The monoisotopic (exact) mass is 247 g/mol. The average Bonchev–Trinajstić information content (AvgIpc) is 2.27. The lowest BCUT2D eigenvalue weighted by Crippen LogP contribution is -2.19. The Morgan fingerprint density at radius 3 is 2.53 bits per heavy atom. The van der Waals surface area contributed by atoms with Crippen LogP contribution in [0.4, 0.5) is 13.2 Å². The van der Waals surface area contributed by atoms with Gasteiger partial charge in [0.15, 0.2) is 6.10 Å². The van der Waals surface area contributed by atoms with E-state index in [1.54, 1.807) is 6.92 Å². The number of alkyl halides is 3. The Kier molecular flexibility index (Phi) is 4.11. The van der Waals surface area contributed by atoms with Crippen LogP contribution in [-0.4, -0.2) is 17.6 Å². The van der Waals surface area contributed by atoms with Gasteiger partial charge >= 0.3 is 6.18 Å². The molecule has 0 heterocycles. The third-order valence-electron chi connectivity index (χ3n) is 2.11. The van der Waals surface area contributed by atoms with Gasteiger partial charge < -0.3 is 9.84 Å². The summed E-state index contributed by atoms with van der Waals surface area (Å²) in [5, 5.41) is 16.9. The molecule has 6 heteroatoms. The predicted octanol–water partition coefficient (Wildman–Crippen LogP) is 2.75. The summed E-state index contributed by atoms with van der Waals surface area (Å²) in [6, 6.07) is 4.58. The minimum atomic E-state index is -4.57. The minimum Gasteiger partial charge on any atom is -0.479 e. The molecule has 1 atom stereocenters. The maximum atomic E-state index is 12.6. The summed E-state index contributed by atoms with van der Waals surface area (Å²) < 4.78 is 42.6. The van der Waals surface area contributed by atoms with Crippen LogP contribution in [0.5, 0.6) is 0 Å². The zero-order chi connectivity index (χ0) is 13.1. The zero-order valence-corrected chi connectivity index (χ0v) is 9.08. The van der Waals surface area contributed by atoms with Crippen LogP contribution in [0.15, 0.2) is 24.3 Å². The van der Waals surface area contributed by atoms with Crippen LogP contribution in [0, 0.1) is 5.41 Å². The number of halogens is 3. The fourth-order valence-electron chi connectivity index (χ4n) is 1.37. The Morgan fingerprint density at radius 2 is 2.00 bits per heavy atom. The van der Waals surface area contributed by atoms with E-state index in [4.69, 9.17) is 10.1 Å². The summed E-state index contributed by atoms with van der Waals surface area (Å²) >= 11 is 0. The van der Waals surface area contributed by atoms with Crippen LogP contribution in [0.3, 0.4) is 0 Å². The van der Waals surface area contributed by atoms with Crippen LogP contribution in [-0.2, 0) is 10.9 Å². The van der Waals surface area contributed by atoms with Crippen LogP contribution in [0.2, 0.25) is 0 Å². The number of benzene rings is 1. The quantitative estimate of drug-likeness (QED) is 0.637. The number of hydrogen-bond acceptors (Lipinski definition) is 3. The molecule has 0 amide bonds. The van der Waals surface area contributed by atoms with Crippen molar-refractivity contribution < 1.29 is 23.0 Å². The molecule has 1 rings (SSSR count). The molecule has 0 spiro atoms. The molecule has 3 nitrogen and oxygen atoms in total. The maximum absolute atomic E-state index is 12.6. The fraction of sp³-hybridized carbons (Fsp3) is 0.364. The van der Waals surface area contributed by atoms with E-state index in [0.717, 1.165) is 12.1 Å². The van der Waals surface area contributed by atoms with Crippen LogP contribution in [0.25, 0.3) is 0 Å². The molecule has 0 aliphatic carbocycles. The molecular formula is C11H12F3NO2. The van der Waals surface area contributed by atoms with E-state index in [1.165, 1.54) is 12.1 Å². The second kappa shape index (κ2) is 5.18. The number of hydrogen-bond donors (Lipinski definition) is 2. The van der Waals surface area contributed by atoms with Gasteiger partial charge in [0.1, 0.15) is 0 Å². The Bertz CT molecular complexity index is 404. The molecule has 0 saturated heterocycles. The molecule has 0 aliphatic heterocycles. The first-order valence-corrected chi connectivity index (χ1v) is 4.93. The standard InChI is InChI=1S/C11H12F3NO2/c1-2-17-10(15)9(16)7-5-3-4-6-8(7)11(12,13)14/h3-6,9,15-16H,2H2,1H3/t9-/m1/s1. The minimum absolute atomic E-state index is 0.115. The molecular weight excluding hydrogens is 235 g/mol. The van der Waals surface area contributed by atoms with Crippen LogP contribution in [0.1, 0.15) is 24.2 Å². The molecule has 0 aromatic heterocycles. The number of nitrogens with one attached hydrogen (secondary N) is 1. The van der Waals surface area contributed by atoms with Gasteiger partial charge in [-0.15, -0.1) is 0 Å². The van der Waals surface area contributed by atoms with E-state index >= 15 is 0 Å². The number of rotatable bonds is 3. The van der Waals surface area contributed by atoms with Crippen molar-refractivity contribution in [2.45, 2.75) is 19.2 Å². The first-order chi connectivity index (χ1) is 7.88. The largest absolute Gasteiger partial charge is 0.479 e. The van der Waals surface area contributed by atoms with E-state index in [9.17, 15) is 18.3 Å². The molecule has 17 heavy (non-hydrogen) atoms. The second-order valence-corrected chi connectivity index (χ2v) is 3.28. The van der Waals surface area contributed by atoms with Crippen molar-refractivity contribution in [1.82, 2.24) is 0 Å². The highest BCUT2D eigenvalue weighted by Crippen LogP contribution is 2.34. The molecule has 94 valence electrons. The molecule has 0 radical (unpaired) electrons. The summed E-state index contributed by atoms with van der Waals surface area (Å²) in [4.78, 5) is 0. The molecule has 2 N–H and O–H groups in total. The Balaban J connectivity index is 3.09. The summed E-state index contributed by atoms with van der Waals surface area (Å²) in [7, 11) is 0. The van der Waals surface area contributed by atoms with Crippen molar-refractivity contribution in [2.75, 3.05) is 6.61 Å². The molecule has 1 aromatic rings. The molecule has 0 saturated carbocycles. The van der Waals surface area contributed by atoms with Crippen molar-refractivity contribution in [1.29, 1.82) is 5.41 Å². The first kappa shape index (κ1) is 13.5. The van der Waals surface area contributed by atoms with Crippen LogP contribution >= 0.6 is 0 Å². The molecule has 0 fully saturated rings. The average molecular weight is 247 g/mol. The molecule has 0 unspecified atom stereocenters. The van der Waals surface area contributed by atoms with E-state index in [-0.39, 0.29) is 12.2 Å². The zero-order valence-electron chi connectivity index (χ0n) is 9.08. The van der Waals surface area contributed by atoms with Gasteiger partial charge in [-0.05, 0) is 13.0 Å². The summed E-state index contributed by atoms with van der Waals surface area (Å²) in [6.45, 7) is 1.70. The lowest BCUT2D eigenvalue weighted by Gasteiger charge is -2.17. The van der Waals surface area contributed by atoms with Gasteiger partial charge in [-0.3, -0.25) is 5.41 Å². The number of ether oxygens (including phenoxy) is 1. The SMILES string of the molecule is CCOC(=N)[C@H](O)c1ccccc1C(F)(F)F. The number of aliphatic hydroxyl groups excluding tert-OH is 1. The van der Waals surface area contributed by atoms with Gasteiger partial charge in [-0.2, -0.15) is 13.2 Å². The van der Waals surface area contributed by atoms with Gasteiger partial charge in [-0.1, -0.05) is 18.2 Å². The Morgan fingerprint density at radius 1 is 1.41 bits per heavy atom. The van der Waals surface area contributed by atoms with Crippen molar-refractivity contribution in [2.24, 2.45) is 0 Å². The van der Waals surface area contributed by atoms with Gasteiger partial charge in [0.05, 0.1) is 12.2 Å². The van der Waals surface area contributed by atoms with E-state index in [1.807, 2.05) is 0 Å². The second-order valence-electron chi connectivity index (χ2n) is 3.28. The number of aliphatic hydroxyl groups is 1. The fourth-order valence-corrected chi connectivity index (χ4v) is 1.37. The van der Waals surface area contributed by atoms with Crippen LogP contribution < -0.4 is 0 Å². The van der Waals surface area contributed by atoms with E-state index < -0.39 is 23.7 Å². The van der Waals surface area contributed by atoms with Gasteiger partial charge in [-0.25, -0.2) is 0 Å². The smallest absolute Gasteiger partial charge is 0.416 e. The maximum Gasteiger partial charge on any atom is 0.416 e. The predicted molar refractivity (Wildman–Crippen MR) is 55.8 cm³/mol. The van der Waals surface area contributed by atoms with Gasteiger partial charge in [0.2, 0.25) is 5.90 Å². The Labute approximate surface area is 96.3 Å². The summed E-state index contributed by atoms with van der Waals surface area (Å²) in [5.74, 6) is -0.593. The molecule has 0 bridgehead atoms. The third-order valence-corrected chi connectivity index (χ3v) is 2.11. The summed E-state index contributed by atoms with van der Waals surface area (Å²) in [6.07, 6.45) is -6.27. The van der Waals surface area contributed by atoms with Crippen molar-refractivity contribution in [3.63, 3.8) is 0 Å². The summed E-state index contributed by atoms with van der Waals surface area (Å²) in [5.41, 5.74) is -1.34. The lowest BCUT2D eigenvalue weighted by molar-refractivity contribution is -0.138. The highest BCUT2D eigenvalue weighted by Gasteiger charge is 2.35. The van der Waals surface area contributed by atoms with E-state index in [2.05, 4.69) is 0 Å². The molecule has 0 aliphatic rings. The third kappa shape index (κ3) is 3.20. The van der Waals surface area contributed by atoms with Gasteiger partial charge in [0, 0.05) is 5.56 Å². The van der Waals surface area contributed by atoms with Gasteiger partial charge in [0.25, 0.3) is 0 Å². The normalized spacial score (nSPS) is 13.2. The Hall–Kier alpha value is -1.56. The van der Waals surface area contributed by atoms with Crippen molar-refractivity contribution >= 4 is 5.90 Å². The molecule has 1 aromatic carbocycles.